The van der Waals surface area contributed by atoms with Gasteiger partial charge < -0.3 is 24.4 Å². The van der Waals surface area contributed by atoms with Crippen LogP contribution in [-0.2, 0) is 9.53 Å². The van der Waals surface area contributed by atoms with E-state index in [9.17, 15) is 18.7 Å². The zero-order chi connectivity index (χ0) is 24.9. The molecule has 0 radical (unpaired) electrons. The van der Waals surface area contributed by atoms with Crippen LogP contribution in [0.3, 0.4) is 0 Å². The molecule has 1 amide bonds. The van der Waals surface area contributed by atoms with Crippen LogP contribution in [0, 0.1) is 0 Å². The van der Waals surface area contributed by atoms with Gasteiger partial charge in [0, 0.05) is 64.3 Å². The number of morpholine rings is 1. The van der Waals surface area contributed by atoms with E-state index in [1.165, 1.54) is 0 Å². The van der Waals surface area contributed by atoms with Crippen molar-refractivity contribution in [1.29, 1.82) is 0 Å². The average Bonchev–Trinajstić information content (AvgIpc) is 3.17. The first kappa shape index (κ1) is 26.4. The second-order valence-corrected chi connectivity index (χ2v) is 9.48. The molecule has 190 valence electrons. The second-order valence-electron chi connectivity index (χ2n) is 9.48. The first-order valence-corrected chi connectivity index (χ1v) is 11.9. The van der Waals surface area contributed by atoms with E-state index in [0.29, 0.717) is 46.3 Å². The van der Waals surface area contributed by atoms with Gasteiger partial charge in [-0.1, -0.05) is 12.2 Å². The molecule has 2 fully saturated rings. The molecule has 2 aliphatic rings. The molecule has 1 spiro atoms. The molecule has 1 aromatic carbocycles. The molecule has 2 aliphatic heterocycles. The highest BCUT2D eigenvalue weighted by Crippen LogP contribution is 2.34. The number of hydrogen-bond donors (Lipinski definition) is 1. The lowest BCUT2D eigenvalue weighted by Crippen LogP contribution is -2.57. The van der Waals surface area contributed by atoms with Crippen LogP contribution in [0.2, 0.25) is 0 Å². The van der Waals surface area contributed by atoms with E-state index in [4.69, 9.17) is 4.74 Å². The number of amides is 1. The summed E-state index contributed by atoms with van der Waals surface area (Å²) in [6, 6.07) is 6.37. The molecule has 2 saturated heterocycles. The molecule has 34 heavy (non-hydrogen) atoms. The zero-order valence-corrected chi connectivity index (χ0v) is 20.4. The molecule has 3 rings (SSSR count). The largest absolute Gasteiger partial charge is 0.433 e. The van der Waals surface area contributed by atoms with Crippen molar-refractivity contribution in [3.05, 3.63) is 36.4 Å². The summed E-state index contributed by atoms with van der Waals surface area (Å²) < 4.78 is 37.0. The molecule has 2 heterocycles. The minimum absolute atomic E-state index is 0.0121. The molecule has 7 nitrogen and oxygen atoms in total. The van der Waals surface area contributed by atoms with Gasteiger partial charge in [-0.25, -0.2) is 0 Å². The van der Waals surface area contributed by atoms with Crippen molar-refractivity contribution in [2.75, 3.05) is 57.4 Å². The maximum absolute atomic E-state index is 13.1. The van der Waals surface area contributed by atoms with Crippen molar-refractivity contribution in [3.8, 4) is 5.75 Å². The molecule has 0 saturated carbocycles. The summed E-state index contributed by atoms with van der Waals surface area (Å²) in [6.45, 7) is 12.7. The Labute approximate surface area is 200 Å². The summed E-state index contributed by atoms with van der Waals surface area (Å²) in [5.74, 6) is 0.131. The third-order valence-electron chi connectivity index (χ3n) is 6.43. The number of nitrogens with zero attached hydrogens (tertiary/aromatic N) is 3. The van der Waals surface area contributed by atoms with Crippen molar-refractivity contribution in [3.63, 3.8) is 0 Å². The van der Waals surface area contributed by atoms with Crippen molar-refractivity contribution in [2.45, 2.75) is 51.4 Å². The molecule has 0 bridgehead atoms. The molecule has 0 aromatic heterocycles. The van der Waals surface area contributed by atoms with Gasteiger partial charge in [-0.3, -0.25) is 9.69 Å². The van der Waals surface area contributed by atoms with E-state index in [1.54, 1.807) is 29.2 Å². The molecular weight excluding hydrogens is 444 g/mol. The van der Waals surface area contributed by atoms with Gasteiger partial charge in [0.05, 0.1) is 18.8 Å². The summed E-state index contributed by atoms with van der Waals surface area (Å²) in [7, 11) is 0. The van der Waals surface area contributed by atoms with Crippen LogP contribution in [0.4, 0.5) is 14.5 Å². The van der Waals surface area contributed by atoms with E-state index in [0.717, 1.165) is 24.2 Å². The average molecular weight is 482 g/mol. The lowest BCUT2D eigenvalue weighted by Gasteiger charge is -2.43. The Hall–Kier alpha value is -2.23. The van der Waals surface area contributed by atoms with Crippen LogP contribution in [0.1, 0.15) is 33.6 Å². The van der Waals surface area contributed by atoms with Crippen molar-refractivity contribution in [1.82, 2.24) is 9.80 Å². The topological polar surface area (TPSA) is 65.5 Å². The van der Waals surface area contributed by atoms with Gasteiger partial charge in [0.25, 0.3) is 0 Å². The molecule has 2 atom stereocenters. The predicted molar refractivity (Wildman–Crippen MR) is 127 cm³/mol. The minimum Gasteiger partial charge on any atom is -0.433 e. The number of carbonyl (C=O) groups excluding carboxylic acids is 1. The van der Waals surface area contributed by atoms with Gasteiger partial charge in [-0.15, -0.1) is 0 Å². The highest BCUT2D eigenvalue weighted by molar-refractivity contribution is 5.77. The smallest absolute Gasteiger partial charge is 0.394 e. The standard InChI is InChI=1S/C25H37F2N3O4/c1-5-28(15-19(2)3)23(32)14-21(16-31)30-12-13-33-25(18-30)10-11-29(17-25)20-6-8-22(9-7-20)34-24(4,26)27/h6-9,21,31H,2,5,10-18H2,1,3-4H3. The van der Waals surface area contributed by atoms with E-state index in [2.05, 4.69) is 21.1 Å². The van der Waals surface area contributed by atoms with E-state index >= 15 is 0 Å². The third-order valence-corrected chi connectivity index (χ3v) is 6.43. The van der Waals surface area contributed by atoms with E-state index in [1.807, 2.05) is 13.8 Å². The number of ether oxygens (including phenoxy) is 2. The number of alkyl halides is 2. The fourth-order valence-corrected chi connectivity index (χ4v) is 4.77. The number of halogens is 2. The maximum Gasteiger partial charge on any atom is 0.394 e. The van der Waals surface area contributed by atoms with Crippen LogP contribution in [0.25, 0.3) is 0 Å². The Morgan fingerprint density at radius 2 is 2.03 bits per heavy atom. The Kier molecular flexibility index (Phi) is 8.54. The van der Waals surface area contributed by atoms with Gasteiger partial charge in [0.15, 0.2) is 0 Å². The Morgan fingerprint density at radius 1 is 1.32 bits per heavy atom. The maximum atomic E-state index is 13.1. The summed E-state index contributed by atoms with van der Waals surface area (Å²) in [5, 5.41) is 10.1. The first-order chi connectivity index (χ1) is 16.0. The Bertz CT molecular complexity index is 846. The van der Waals surface area contributed by atoms with Crippen molar-refractivity contribution in [2.24, 2.45) is 0 Å². The summed E-state index contributed by atoms with van der Waals surface area (Å²) in [5.41, 5.74) is 1.44. The first-order valence-electron chi connectivity index (χ1n) is 11.9. The molecule has 1 N–H and O–H groups in total. The summed E-state index contributed by atoms with van der Waals surface area (Å²) >= 11 is 0. The number of aliphatic hydroxyl groups is 1. The second kappa shape index (κ2) is 11.0. The van der Waals surface area contributed by atoms with E-state index in [-0.39, 0.29) is 30.7 Å². The fourth-order valence-electron chi connectivity index (χ4n) is 4.77. The molecule has 2 unspecified atom stereocenters. The van der Waals surface area contributed by atoms with Gasteiger partial charge in [-0.05, 0) is 44.5 Å². The SMILES string of the molecule is C=C(C)CN(CC)C(=O)CC(CO)N1CCOC2(CCN(c3ccc(OC(C)(F)F)cc3)C2)C1. The number of carbonyl (C=O) groups is 1. The van der Waals surface area contributed by atoms with Crippen molar-refractivity contribution >= 4 is 11.6 Å². The molecule has 1 aromatic rings. The van der Waals surface area contributed by atoms with Crippen LogP contribution in [0.15, 0.2) is 36.4 Å². The number of anilines is 1. The predicted octanol–water partition coefficient (Wildman–Crippen LogP) is 3.13. The Morgan fingerprint density at radius 3 is 2.62 bits per heavy atom. The van der Waals surface area contributed by atoms with Crippen LogP contribution in [0.5, 0.6) is 5.75 Å². The van der Waals surface area contributed by atoms with Crippen molar-refractivity contribution < 1.29 is 28.2 Å². The highest BCUT2D eigenvalue weighted by Gasteiger charge is 2.44. The van der Waals surface area contributed by atoms with Crippen LogP contribution < -0.4 is 9.64 Å². The number of rotatable bonds is 10. The third kappa shape index (κ3) is 6.90. The lowest BCUT2D eigenvalue weighted by atomic mass is 9.98. The molecular formula is C25H37F2N3O4. The number of benzene rings is 1. The Balaban J connectivity index is 1.62. The number of aliphatic hydroxyl groups excluding tert-OH is 1. The molecule has 9 heteroatoms. The van der Waals surface area contributed by atoms with Crippen LogP contribution in [-0.4, -0.2) is 91.0 Å². The quantitative estimate of drug-likeness (QED) is 0.518. The van der Waals surface area contributed by atoms with Crippen LogP contribution >= 0.6 is 0 Å². The highest BCUT2D eigenvalue weighted by atomic mass is 19.3. The monoisotopic (exact) mass is 481 g/mol. The van der Waals surface area contributed by atoms with Gasteiger partial charge in [-0.2, -0.15) is 8.78 Å². The van der Waals surface area contributed by atoms with Gasteiger partial charge in [0.1, 0.15) is 5.75 Å². The summed E-state index contributed by atoms with van der Waals surface area (Å²) in [6.07, 6.45) is -2.17. The minimum atomic E-state index is -3.22. The van der Waals surface area contributed by atoms with E-state index < -0.39 is 11.7 Å². The zero-order valence-electron chi connectivity index (χ0n) is 20.4. The number of likely N-dealkylation sites (N-methyl/N-ethyl adjacent to an activating group) is 1. The molecule has 0 aliphatic carbocycles. The summed E-state index contributed by atoms with van der Waals surface area (Å²) in [4.78, 5) is 18.9. The fraction of sp³-hybridized carbons (Fsp3) is 0.640. The lowest BCUT2D eigenvalue weighted by molar-refractivity contribution is -0.158. The normalized spacial score (nSPS) is 22.1. The number of hydrogen-bond acceptors (Lipinski definition) is 6. The van der Waals surface area contributed by atoms with Gasteiger partial charge in [0.2, 0.25) is 5.91 Å². The van der Waals surface area contributed by atoms with Gasteiger partial charge >= 0.3 is 6.11 Å².